The Labute approximate surface area is 122 Å². The van der Waals surface area contributed by atoms with Crippen LogP contribution in [0.5, 0.6) is 5.75 Å². The summed E-state index contributed by atoms with van der Waals surface area (Å²) in [4.78, 5) is 13.9. The van der Waals surface area contributed by atoms with Crippen molar-refractivity contribution in [1.82, 2.24) is 4.90 Å². The highest BCUT2D eigenvalue weighted by Crippen LogP contribution is 2.25. The van der Waals surface area contributed by atoms with Crippen molar-refractivity contribution >= 4 is 21.8 Å². The van der Waals surface area contributed by atoms with E-state index in [9.17, 15) is 4.79 Å². The first-order chi connectivity index (χ1) is 9.10. The summed E-state index contributed by atoms with van der Waals surface area (Å²) in [5.41, 5.74) is 0.636. The summed E-state index contributed by atoms with van der Waals surface area (Å²) in [6, 6.07) is 5.30. The summed E-state index contributed by atoms with van der Waals surface area (Å²) in [6.45, 7) is 0.908. The number of aliphatic hydroxyl groups excluding tert-OH is 1. The van der Waals surface area contributed by atoms with Crippen LogP contribution >= 0.6 is 15.9 Å². The van der Waals surface area contributed by atoms with Gasteiger partial charge in [-0.2, -0.15) is 0 Å². The molecule has 0 atom stereocenters. The maximum atomic E-state index is 12.2. The van der Waals surface area contributed by atoms with E-state index in [0.717, 1.165) is 23.7 Å². The van der Waals surface area contributed by atoms with Crippen molar-refractivity contribution in [3.05, 3.63) is 28.2 Å². The van der Waals surface area contributed by atoms with Crippen LogP contribution in [0.3, 0.4) is 0 Å². The zero-order chi connectivity index (χ0) is 14.3. The third kappa shape index (κ3) is 4.84. The highest BCUT2D eigenvalue weighted by molar-refractivity contribution is 9.10. The molecule has 0 unspecified atom stereocenters. The summed E-state index contributed by atoms with van der Waals surface area (Å²) in [6.07, 6.45) is 2.62. The van der Waals surface area contributed by atoms with Crippen molar-refractivity contribution in [1.29, 1.82) is 0 Å². The maximum Gasteiger partial charge on any atom is 0.253 e. The van der Waals surface area contributed by atoms with Crippen LogP contribution in [-0.4, -0.2) is 43.2 Å². The zero-order valence-corrected chi connectivity index (χ0v) is 12.9. The topological polar surface area (TPSA) is 49.8 Å². The van der Waals surface area contributed by atoms with Crippen molar-refractivity contribution in [2.75, 3.05) is 27.3 Å². The third-order valence-corrected chi connectivity index (χ3v) is 3.52. The first-order valence-corrected chi connectivity index (χ1v) is 7.09. The second kappa shape index (κ2) is 8.17. The number of hydrogen-bond acceptors (Lipinski definition) is 3. The van der Waals surface area contributed by atoms with Gasteiger partial charge in [0, 0.05) is 25.8 Å². The molecule has 1 rings (SSSR count). The SMILES string of the molecule is COc1ccc(C(=O)N(C)CCCCCO)cc1Br. The summed E-state index contributed by atoms with van der Waals surface area (Å²) in [5, 5.41) is 8.70. The van der Waals surface area contributed by atoms with Crippen molar-refractivity contribution in [3.63, 3.8) is 0 Å². The quantitative estimate of drug-likeness (QED) is 0.782. The predicted octanol–water partition coefficient (Wildman–Crippen LogP) is 2.69. The average Bonchev–Trinajstić information content (AvgIpc) is 2.42. The second-order valence-electron chi connectivity index (χ2n) is 4.36. The molecular formula is C14H20BrNO3. The second-order valence-corrected chi connectivity index (χ2v) is 5.21. The molecule has 19 heavy (non-hydrogen) atoms. The van der Waals surface area contributed by atoms with Gasteiger partial charge in [0.2, 0.25) is 0 Å². The Hall–Kier alpha value is -1.07. The minimum absolute atomic E-state index is 0.00708. The Morgan fingerprint density at radius 2 is 2.11 bits per heavy atom. The lowest BCUT2D eigenvalue weighted by atomic mass is 10.2. The number of unbranched alkanes of at least 4 members (excludes halogenated alkanes) is 2. The molecule has 4 nitrogen and oxygen atoms in total. The Kier molecular flexibility index (Phi) is 6.87. The van der Waals surface area contributed by atoms with Gasteiger partial charge in [-0.05, 0) is 53.4 Å². The van der Waals surface area contributed by atoms with Gasteiger partial charge in [0.15, 0.2) is 0 Å². The van der Waals surface area contributed by atoms with E-state index in [2.05, 4.69) is 15.9 Å². The molecule has 0 aromatic heterocycles. The molecular weight excluding hydrogens is 310 g/mol. The number of aliphatic hydroxyl groups is 1. The third-order valence-electron chi connectivity index (χ3n) is 2.90. The van der Waals surface area contributed by atoms with Crippen LogP contribution in [-0.2, 0) is 0 Å². The number of carbonyl (C=O) groups excluding carboxylic acids is 1. The Morgan fingerprint density at radius 1 is 1.37 bits per heavy atom. The van der Waals surface area contributed by atoms with Crippen molar-refractivity contribution in [3.8, 4) is 5.75 Å². The van der Waals surface area contributed by atoms with Gasteiger partial charge in [-0.3, -0.25) is 4.79 Å². The molecule has 0 spiro atoms. The zero-order valence-electron chi connectivity index (χ0n) is 11.4. The normalized spacial score (nSPS) is 10.3. The van der Waals surface area contributed by atoms with E-state index in [1.165, 1.54) is 0 Å². The number of halogens is 1. The monoisotopic (exact) mass is 329 g/mol. The number of rotatable bonds is 7. The van der Waals surface area contributed by atoms with Gasteiger partial charge in [-0.1, -0.05) is 0 Å². The Morgan fingerprint density at radius 3 is 2.68 bits per heavy atom. The Bertz CT molecular complexity index is 423. The molecule has 0 aliphatic carbocycles. The van der Waals surface area contributed by atoms with Crippen LogP contribution in [0.1, 0.15) is 29.6 Å². The highest BCUT2D eigenvalue weighted by Gasteiger charge is 2.13. The van der Waals surface area contributed by atoms with Crippen LogP contribution in [0.2, 0.25) is 0 Å². The fourth-order valence-electron chi connectivity index (χ4n) is 1.76. The van der Waals surface area contributed by atoms with Crippen LogP contribution in [0.15, 0.2) is 22.7 Å². The Balaban J connectivity index is 2.59. The van der Waals surface area contributed by atoms with Gasteiger partial charge >= 0.3 is 0 Å². The van der Waals surface area contributed by atoms with Crippen LogP contribution in [0.4, 0.5) is 0 Å². The van der Waals surface area contributed by atoms with Crippen LogP contribution in [0, 0.1) is 0 Å². The maximum absolute atomic E-state index is 12.2. The van der Waals surface area contributed by atoms with E-state index in [1.54, 1.807) is 37.3 Å². The largest absolute Gasteiger partial charge is 0.496 e. The van der Waals surface area contributed by atoms with Gasteiger partial charge in [0.25, 0.3) is 5.91 Å². The summed E-state index contributed by atoms with van der Waals surface area (Å²) < 4.78 is 5.91. The molecule has 0 aliphatic heterocycles. The molecule has 1 N–H and O–H groups in total. The summed E-state index contributed by atoms with van der Waals surface area (Å²) in [5.74, 6) is 0.703. The minimum atomic E-state index is -0.00708. The predicted molar refractivity (Wildman–Crippen MR) is 78.6 cm³/mol. The lowest BCUT2D eigenvalue weighted by molar-refractivity contribution is 0.0792. The number of nitrogens with zero attached hydrogens (tertiary/aromatic N) is 1. The van der Waals surface area contributed by atoms with E-state index in [0.29, 0.717) is 17.9 Å². The first-order valence-electron chi connectivity index (χ1n) is 6.30. The molecule has 1 aromatic carbocycles. The molecule has 0 radical (unpaired) electrons. The van der Waals surface area contributed by atoms with E-state index >= 15 is 0 Å². The van der Waals surface area contributed by atoms with E-state index in [1.807, 2.05) is 0 Å². The number of amides is 1. The number of benzene rings is 1. The van der Waals surface area contributed by atoms with Crippen LogP contribution < -0.4 is 4.74 Å². The van der Waals surface area contributed by atoms with Crippen LogP contribution in [0.25, 0.3) is 0 Å². The van der Waals surface area contributed by atoms with Gasteiger partial charge < -0.3 is 14.7 Å². The molecule has 1 aromatic rings. The molecule has 0 saturated carbocycles. The van der Waals surface area contributed by atoms with Gasteiger partial charge in [-0.15, -0.1) is 0 Å². The number of hydrogen-bond donors (Lipinski definition) is 1. The smallest absolute Gasteiger partial charge is 0.253 e. The van der Waals surface area contributed by atoms with E-state index in [-0.39, 0.29) is 12.5 Å². The van der Waals surface area contributed by atoms with Gasteiger partial charge in [0.05, 0.1) is 11.6 Å². The number of ether oxygens (including phenoxy) is 1. The minimum Gasteiger partial charge on any atom is -0.496 e. The molecule has 0 bridgehead atoms. The summed E-state index contributed by atoms with van der Waals surface area (Å²) in [7, 11) is 3.38. The van der Waals surface area contributed by atoms with E-state index in [4.69, 9.17) is 9.84 Å². The lowest BCUT2D eigenvalue weighted by Crippen LogP contribution is -2.27. The van der Waals surface area contributed by atoms with Gasteiger partial charge in [0.1, 0.15) is 5.75 Å². The summed E-state index contributed by atoms with van der Waals surface area (Å²) >= 11 is 3.37. The molecule has 1 amide bonds. The fourth-order valence-corrected chi connectivity index (χ4v) is 2.30. The molecule has 106 valence electrons. The average molecular weight is 330 g/mol. The molecule has 0 saturated heterocycles. The van der Waals surface area contributed by atoms with Crippen molar-refractivity contribution < 1.29 is 14.6 Å². The molecule has 5 heteroatoms. The number of carbonyl (C=O) groups is 1. The standard InChI is InChI=1S/C14H20BrNO3/c1-16(8-4-3-5-9-17)14(18)11-6-7-13(19-2)12(15)10-11/h6-7,10,17H,3-5,8-9H2,1-2H3. The van der Waals surface area contributed by atoms with Crippen molar-refractivity contribution in [2.45, 2.75) is 19.3 Å². The first kappa shape index (κ1) is 16.0. The van der Waals surface area contributed by atoms with Crippen molar-refractivity contribution in [2.24, 2.45) is 0 Å². The molecule has 0 aliphatic rings. The molecule has 0 heterocycles. The van der Waals surface area contributed by atoms with Gasteiger partial charge in [-0.25, -0.2) is 0 Å². The lowest BCUT2D eigenvalue weighted by Gasteiger charge is -2.17. The van der Waals surface area contributed by atoms with E-state index < -0.39 is 0 Å². The fraction of sp³-hybridized carbons (Fsp3) is 0.500. The number of methoxy groups -OCH3 is 1. The molecule has 0 fully saturated rings. The highest BCUT2D eigenvalue weighted by atomic mass is 79.9.